The van der Waals surface area contributed by atoms with E-state index in [1.807, 2.05) is 40.7 Å². The third-order valence-electron chi connectivity index (χ3n) is 5.40. The van der Waals surface area contributed by atoms with Gasteiger partial charge in [-0.1, -0.05) is 0 Å². The maximum atomic E-state index is 12.3. The van der Waals surface area contributed by atoms with Gasteiger partial charge in [0, 0.05) is 24.8 Å². The number of anilines is 2. The minimum absolute atomic E-state index is 0.0304. The number of aromatic nitrogens is 1. The molecule has 0 spiro atoms. The number of carbonyl (C=O) groups is 2. The second-order valence-electron chi connectivity index (χ2n) is 8.70. The van der Waals surface area contributed by atoms with E-state index in [9.17, 15) is 14.7 Å². The van der Waals surface area contributed by atoms with Crippen molar-refractivity contribution in [1.29, 1.82) is 0 Å². The molecule has 2 amide bonds. The number of carbonyl (C=O) groups excluding carboxylic acids is 1. The fourth-order valence-corrected chi connectivity index (χ4v) is 4.08. The number of rotatable bonds is 2. The zero-order valence-electron chi connectivity index (χ0n) is 16.2. The highest BCUT2D eigenvalue weighted by Crippen LogP contribution is 2.42. The van der Waals surface area contributed by atoms with Crippen LogP contribution in [-0.4, -0.2) is 51.7 Å². The molecule has 3 heterocycles. The van der Waals surface area contributed by atoms with Crippen molar-refractivity contribution in [2.45, 2.75) is 64.5 Å². The molecular formula is C19H28N4O3. The monoisotopic (exact) mass is 360 g/mol. The first-order valence-electron chi connectivity index (χ1n) is 9.11. The van der Waals surface area contributed by atoms with Gasteiger partial charge in [0.05, 0.1) is 17.1 Å². The first-order chi connectivity index (χ1) is 12.0. The van der Waals surface area contributed by atoms with Crippen LogP contribution in [0.4, 0.5) is 16.3 Å². The highest BCUT2D eigenvalue weighted by atomic mass is 16.4. The van der Waals surface area contributed by atoms with Crippen LogP contribution in [0.2, 0.25) is 0 Å². The molecule has 0 saturated carbocycles. The highest BCUT2D eigenvalue weighted by Gasteiger charge is 2.42. The predicted octanol–water partition coefficient (Wildman–Crippen LogP) is 3.06. The lowest BCUT2D eigenvalue weighted by atomic mass is 9.86. The fraction of sp³-hybridized carbons (Fsp3) is 0.632. The Morgan fingerprint density at radius 3 is 2.73 bits per heavy atom. The zero-order valence-corrected chi connectivity index (χ0v) is 16.2. The van der Waals surface area contributed by atoms with Crippen LogP contribution < -0.4 is 10.2 Å². The summed E-state index contributed by atoms with van der Waals surface area (Å²) in [6, 6.07) is 1.78. The molecule has 2 aliphatic rings. The fourth-order valence-electron chi connectivity index (χ4n) is 4.08. The summed E-state index contributed by atoms with van der Waals surface area (Å²) in [5.74, 6) is 0.711. The van der Waals surface area contributed by atoms with Crippen molar-refractivity contribution >= 4 is 23.5 Å². The second kappa shape index (κ2) is 6.14. The maximum Gasteiger partial charge on any atom is 0.408 e. The average Bonchev–Trinajstić information content (AvgIpc) is 2.76. The molecule has 1 fully saturated rings. The van der Waals surface area contributed by atoms with Gasteiger partial charge >= 0.3 is 6.09 Å². The molecule has 0 bridgehead atoms. The molecule has 26 heavy (non-hydrogen) atoms. The first kappa shape index (κ1) is 18.5. The van der Waals surface area contributed by atoms with Crippen molar-refractivity contribution < 1.29 is 14.7 Å². The molecule has 0 aliphatic carbocycles. The topological polar surface area (TPSA) is 85.8 Å². The van der Waals surface area contributed by atoms with Crippen molar-refractivity contribution in [2.75, 3.05) is 23.3 Å². The van der Waals surface area contributed by atoms with Crippen LogP contribution in [0.25, 0.3) is 0 Å². The molecule has 1 atom stereocenters. The number of hydrogen-bond acceptors (Lipinski definition) is 4. The van der Waals surface area contributed by atoms with Gasteiger partial charge in [-0.3, -0.25) is 9.69 Å². The quantitative estimate of drug-likeness (QED) is 0.846. The highest BCUT2D eigenvalue weighted by molar-refractivity contribution is 6.08. The molecule has 1 aromatic rings. The number of nitrogens with one attached hydrogen (secondary N) is 1. The van der Waals surface area contributed by atoms with E-state index < -0.39 is 17.0 Å². The lowest BCUT2D eigenvalue weighted by molar-refractivity contribution is -0.119. The van der Waals surface area contributed by atoms with Crippen molar-refractivity contribution in [3.8, 4) is 0 Å². The molecule has 2 aliphatic heterocycles. The normalized spacial score (nSPS) is 22.0. The number of fused-ring (bicyclic) bond motifs is 1. The van der Waals surface area contributed by atoms with Crippen molar-refractivity contribution in [3.05, 3.63) is 17.8 Å². The first-order valence-corrected chi connectivity index (χ1v) is 9.11. The van der Waals surface area contributed by atoms with Gasteiger partial charge in [-0.25, -0.2) is 9.78 Å². The number of nitrogens with zero attached hydrogens (tertiary/aromatic N) is 3. The Hall–Kier alpha value is -2.31. The Morgan fingerprint density at radius 1 is 1.42 bits per heavy atom. The second-order valence-corrected chi connectivity index (χ2v) is 8.70. The van der Waals surface area contributed by atoms with Gasteiger partial charge in [0.2, 0.25) is 5.91 Å². The van der Waals surface area contributed by atoms with Crippen molar-refractivity contribution in [1.82, 2.24) is 9.88 Å². The molecule has 1 saturated heterocycles. The van der Waals surface area contributed by atoms with Gasteiger partial charge in [0.15, 0.2) is 5.82 Å². The van der Waals surface area contributed by atoms with E-state index in [2.05, 4.69) is 15.2 Å². The van der Waals surface area contributed by atoms with E-state index in [0.717, 1.165) is 36.5 Å². The largest absolute Gasteiger partial charge is 0.465 e. The molecule has 7 nitrogen and oxygen atoms in total. The third kappa shape index (κ3) is 2.99. The molecular weight excluding hydrogens is 332 g/mol. The van der Waals surface area contributed by atoms with Gasteiger partial charge in [0.1, 0.15) is 0 Å². The van der Waals surface area contributed by atoms with E-state index in [4.69, 9.17) is 0 Å². The summed E-state index contributed by atoms with van der Waals surface area (Å²) < 4.78 is 0. The SMILES string of the molecule is CC1(C)C(=O)Nc2c1ccnc2N1CCC[C@@H](N(C(=O)O)C(C)(C)C)C1. The van der Waals surface area contributed by atoms with Crippen molar-refractivity contribution in [2.24, 2.45) is 0 Å². The Labute approximate surface area is 154 Å². The van der Waals surface area contributed by atoms with Gasteiger partial charge in [-0.2, -0.15) is 0 Å². The molecule has 1 aromatic heterocycles. The average molecular weight is 360 g/mol. The molecule has 0 radical (unpaired) electrons. The van der Waals surface area contributed by atoms with E-state index in [1.54, 1.807) is 11.1 Å². The van der Waals surface area contributed by atoms with E-state index in [0.29, 0.717) is 6.54 Å². The predicted molar refractivity (Wildman–Crippen MR) is 101 cm³/mol. The van der Waals surface area contributed by atoms with Crippen LogP contribution in [0.15, 0.2) is 12.3 Å². The molecule has 0 unspecified atom stereocenters. The van der Waals surface area contributed by atoms with Crippen LogP contribution in [0.5, 0.6) is 0 Å². The minimum atomic E-state index is -0.898. The standard InChI is InChI=1S/C19H28N4O3/c1-18(2,3)23(17(25)26)12-7-6-10-22(11-12)15-14-13(8-9-20-15)19(4,5)16(24)21-14/h8-9,12H,6-7,10-11H2,1-5H3,(H,21,24)(H,25,26)/t12-/m1/s1. The third-order valence-corrected chi connectivity index (χ3v) is 5.40. The number of carboxylic acid groups (broad SMARTS) is 1. The lowest BCUT2D eigenvalue weighted by Crippen LogP contribution is -2.57. The summed E-state index contributed by atoms with van der Waals surface area (Å²) in [6.07, 6.45) is 2.55. The molecule has 0 aromatic carbocycles. The van der Waals surface area contributed by atoms with Gasteiger partial charge in [0.25, 0.3) is 0 Å². The van der Waals surface area contributed by atoms with E-state index in [-0.39, 0.29) is 11.9 Å². The van der Waals surface area contributed by atoms with Crippen LogP contribution in [0.3, 0.4) is 0 Å². The van der Waals surface area contributed by atoms with E-state index >= 15 is 0 Å². The van der Waals surface area contributed by atoms with E-state index in [1.165, 1.54) is 0 Å². The minimum Gasteiger partial charge on any atom is -0.465 e. The summed E-state index contributed by atoms with van der Waals surface area (Å²) in [6.45, 7) is 10.9. The smallest absolute Gasteiger partial charge is 0.408 e. The summed E-state index contributed by atoms with van der Waals surface area (Å²) in [4.78, 5) is 32.4. The van der Waals surface area contributed by atoms with Crippen LogP contribution in [-0.2, 0) is 10.2 Å². The molecule has 7 heteroatoms. The Bertz CT molecular complexity index is 739. The van der Waals surface area contributed by atoms with Crippen LogP contribution in [0, 0.1) is 0 Å². The van der Waals surface area contributed by atoms with Gasteiger partial charge in [-0.15, -0.1) is 0 Å². The Kier molecular flexibility index (Phi) is 4.37. The molecule has 2 N–H and O–H groups in total. The van der Waals surface area contributed by atoms with Crippen LogP contribution in [0.1, 0.15) is 53.0 Å². The molecule has 3 rings (SSSR count). The van der Waals surface area contributed by atoms with Gasteiger partial charge < -0.3 is 15.3 Å². The molecule has 142 valence electrons. The van der Waals surface area contributed by atoms with Crippen LogP contribution >= 0.6 is 0 Å². The number of hydrogen-bond donors (Lipinski definition) is 2. The summed E-state index contributed by atoms with van der Waals surface area (Å²) in [5.41, 5.74) is 0.656. The summed E-state index contributed by atoms with van der Waals surface area (Å²) in [7, 11) is 0. The summed E-state index contributed by atoms with van der Waals surface area (Å²) >= 11 is 0. The maximum absolute atomic E-state index is 12.3. The number of piperidine rings is 1. The Balaban J connectivity index is 1.92. The van der Waals surface area contributed by atoms with Crippen molar-refractivity contribution in [3.63, 3.8) is 0 Å². The number of pyridine rings is 1. The Morgan fingerprint density at radius 2 is 2.12 bits per heavy atom. The number of amides is 2. The zero-order chi connectivity index (χ0) is 19.3. The lowest BCUT2D eigenvalue weighted by Gasteiger charge is -2.44. The summed E-state index contributed by atoms with van der Waals surface area (Å²) in [5, 5.41) is 12.7. The van der Waals surface area contributed by atoms with Gasteiger partial charge in [-0.05, 0) is 59.1 Å².